The van der Waals surface area contributed by atoms with E-state index in [1.54, 1.807) is 0 Å². The van der Waals surface area contributed by atoms with Gasteiger partial charge in [0.1, 0.15) is 18.3 Å². The molecule has 0 saturated heterocycles. The zero-order chi connectivity index (χ0) is 11.4. The summed E-state index contributed by atoms with van der Waals surface area (Å²) in [5.74, 6) is 0. The van der Waals surface area contributed by atoms with E-state index in [0.29, 0.717) is 0 Å². The molecular formula is C5H17Ca2O8P. The minimum atomic E-state index is -4.71. The Morgan fingerprint density at radius 1 is 1.12 bits per heavy atom. The average Bonchev–Trinajstić information content (AvgIpc) is 2.10. The van der Waals surface area contributed by atoms with Gasteiger partial charge in [-0.2, -0.15) is 0 Å². The molecule has 3 atom stereocenters. The Labute approximate surface area is 158 Å². The van der Waals surface area contributed by atoms with Crippen LogP contribution >= 0.6 is 7.82 Å². The van der Waals surface area contributed by atoms with Gasteiger partial charge in [0, 0.05) is 0 Å². The topological polar surface area (TPSA) is 148 Å². The van der Waals surface area contributed by atoms with Crippen molar-refractivity contribution in [3.05, 3.63) is 0 Å². The summed E-state index contributed by atoms with van der Waals surface area (Å²) in [6.45, 7) is -1.63. The molecule has 0 radical (unpaired) electrons. The van der Waals surface area contributed by atoms with E-state index in [-0.39, 0.29) is 81.2 Å². The van der Waals surface area contributed by atoms with Crippen LogP contribution < -0.4 is 0 Å². The molecule has 0 spiro atoms. The van der Waals surface area contributed by atoms with Gasteiger partial charge in [0.15, 0.2) is 0 Å². The third-order valence-corrected chi connectivity index (χ3v) is 1.87. The van der Waals surface area contributed by atoms with E-state index in [0.717, 1.165) is 0 Å². The third kappa shape index (κ3) is 11.6. The summed E-state index contributed by atoms with van der Waals surface area (Å²) >= 11 is 0. The Kier molecular flexibility index (Phi) is 16.6. The van der Waals surface area contributed by atoms with Gasteiger partial charge in [-0.15, -0.1) is 0 Å². The fraction of sp³-hybridized carbons (Fsp3) is 1.00. The molecule has 0 aromatic carbocycles. The minimum absolute atomic E-state index is 0. The van der Waals surface area contributed by atoms with Crippen LogP contribution in [0.2, 0.25) is 0 Å². The van der Waals surface area contributed by atoms with E-state index in [2.05, 4.69) is 4.52 Å². The van der Waals surface area contributed by atoms with Crippen LogP contribution in [0.4, 0.5) is 0 Å². The van der Waals surface area contributed by atoms with E-state index in [1.807, 2.05) is 0 Å². The molecule has 0 aliphatic rings. The number of phosphoric ester groups is 1. The van der Waals surface area contributed by atoms with Crippen molar-refractivity contribution in [2.24, 2.45) is 0 Å². The molecule has 0 fully saturated rings. The molecular weight excluding hydrogens is 299 g/mol. The number of rotatable bonds is 6. The summed E-state index contributed by atoms with van der Waals surface area (Å²) in [6.07, 6.45) is -5.01. The maximum atomic E-state index is 10.2. The Morgan fingerprint density at radius 2 is 1.56 bits per heavy atom. The summed E-state index contributed by atoms with van der Waals surface area (Å²) < 4.78 is 14.0. The predicted molar refractivity (Wildman–Crippen MR) is 59.1 cm³/mol. The minimum Gasteiger partial charge on any atom is -1.00 e. The molecule has 8 nitrogen and oxygen atoms in total. The SMILES string of the molecule is O=P(O)(O)OC[C@H](O)[C@@H](O)[C@H](O)CO.[Ca+2].[Ca+2].[H-].[H-].[H-].[H-]. The molecule has 0 heterocycles. The first kappa shape index (κ1) is 23.6. The number of aliphatic hydroxyl groups is 4. The van der Waals surface area contributed by atoms with Crippen molar-refractivity contribution in [1.82, 2.24) is 0 Å². The third-order valence-electron chi connectivity index (χ3n) is 1.39. The van der Waals surface area contributed by atoms with E-state index >= 15 is 0 Å². The van der Waals surface area contributed by atoms with Crippen molar-refractivity contribution in [2.75, 3.05) is 13.2 Å². The second kappa shape index (κ2) is 11.3. The van der Waals surface area contributed by atoms with Crippen LogP contribution in [0.1, 0.15) is 5.71 Å². The van der Waals surface area contributed by atoms with Gasteiger partial charge >= 0.3 is 83.3 Å². The summed E-state index contributed by atoms with van der Waals surface area (Å²) in [7, 11) is -4.71. The van der Waals surface area contributed by atoms with Crippen molar-refractivity contribution in [2.45, 2.75) is 18.3 Å². The molecule has 0 aromatic heterocycles. The first-order valence-corrected chi connectivity index (χ1v) is 5.16. The first-order chi connectivity index (χ1) is 6.28. The van der Waals surface area contributed by atoms with E-state index in [1.165, 1.54) is 0 Å². The molecule has 0 aliphatic heterocycles. The standard InChI is InChI=1S/C5H13O8P.2Ca.4H/c6-1-3(7)5(9)4(8)2-13-14(10,11)12;;;;;;/h3-9H,1-2H2,(H2,10,11,12);;;;;;/q;2*+2;4*-1/t3-,4+,5+;;;;;;/m1....../s1. The largest absolute Gasteiger partial charge is 2.00 e. The first-order valence-electron chi connectivity index (χ1n) is 3.63. The second-order valence-corrected chi connectivity index (χ2v) is 3.83. The molecule has 0 aromatic rings. The molecule has 0 bridgehead atoms. The van der Waals surface area contributed by atoms with E-state index in [4.69, 9.17) is 30.2 Å². The Balaban J connectivity index is -0.0000000563. The smallest absolute Gasteiger partial charge is 1.00 e. The van der Waals surface area contributed by atoms with Gasteiger partial charge in [-0.3, -0.25) is 4.52 Å². The number of hydrogen-bond donors (Lipinski definition) is 6. The van der Waals surface area contributed by atoms with Crippen molar-refractivity contribution in [1.29, 1.82) is 0 Å². The Morgan fingerprint density at radius 3 is 1.88 bits per heavy atom. The van der Waals surface area contributed by atoms with E-state index in [9.17, 15) is 4.57 Å². The van der Waals surface area contributed by atoms with Crippen LogP contribution in [0.25, 0.3) is 0 Å². The maximum Gasteiger partial charge on any atom is 2.00 e. The van der Waals surface area contributed by atoms with Crippen LogP contribution in [0.3, 0.4) is 0 Å². The summed E-state index contributed by atoms with van der Waals surface area (Å²) in [5.41, 5.74) is 0. The summed E-state index contributed by atoms with van der Waals surface area (Å²) in [5, 5.41) is 35.2. The normalized spacial score (nSPS) is 16.6. The van der Waals surface area contributed by atoms with Crippen molar-refractivity contribution < 1.29 is 45.0 Å². The fourth-order valence-corrected chi connectivity index (χ4v) is 0.983. The monoisotopic (exact) mass is 316 g/mol. The Hall–Kier alpha value is 2.47. The van der Waals surface area contributed by atoms with Crippen LogP contribution in [-0.4, -0.2) is 137 Å². The molecule has 94 valence electrons. The fourth-order valence-electron chi connectivity index (χ4n) is 0.636. The molecule has 0 amide bonds. The van der Waals surface area contributed by atoms with Crippen molar-refractivity contribution >= 4 is 83.3 Å². The Bertz CT molecular complexity index is 225. The number of phosphoric acid groups is 1. The summed E-state index contributed by atoms with van der Waals surface area (Å²) in [6, 6.07) is 0. The van der Waals surface area contributed by atoms with Crippen molar-refractivity contribution in [3.8, 4) is 0 Å². The zero-order valence-corrected chi connectivity index (χ0v) is 13.8. The second-order valence-electron chi connectivity index (χ2n) is 2.59. The molecule has 0 aliphatic carbocycles. The van der Waals surface area contributed by atoms with Crippen LogP contribution in [0.15, 0.2) is 0 Å². The molecule has 16 heavy (non-hydrogen) atoms. The van der Waals surface area contributed by atoms with Crippen molar-refractivity contribution in [3.63, 3.8) is 0 Å². The summed E-state index contributed by atoms with van der Waals surface area (Å²) in [4.78, 5) is 16.5. The van der Waals surface area contributed by atoms with E-state index < -0.39 is 39.3 Å². The van der Waals surface area contributed by atoms with Gasteiger partial charge in [0.05, 0.1) is 13.2 Å². The van der Waals surface area contributed by atoms with Gasteiger partial charge in [-0.05, 0) is 0 Å². The van der Waals surface area contributed by atoms with Gasteiger partial charge < -0.3 is 35.9 Å². The maximum absolute atomic E-state index is 10.2. The molecule has 6 N–H and O–H groups in total. The van der Waals surface area contributed by atoms with Crippen LogP contribution in [-0.2, 0) is 9.09 Å². The van der Waals surface area contributed by atoms with Crippen LogP contribution in [0.5, 0.6) is 0 Å². The molecule has 0 saturated carbocycles. The predicted octanol–water partition coefficient (Wildman–Crippen LogP) is -3.14. The van der Waals surface area contributed by atoms with Gasteiger partial charge in [0.2, 0.25) is 0 Å². The molecule has 11 heteroatoms. The number of aliphatic hydroxyl groups excluding tert-OH is 4. The quantitative estimate of drug-likeness (QED) is 0.222. The number of hydrogen-bond acceptors (Lipinski definition) is 6. The zero-order valence-electron chi connectivity index (χ0n) is 12.5. The van der Waals surface area contributed by atoms with Gasteiger partial charge in [0.25, 0.3) is 0 Å². The average molecular weight is 316 g/mol. The molecule has 0 unspecified atom stereocenters. The van der Waals surface area contributed by atoms with Gasteiger partial charge in [-0.1, -0.05) is 0 Å². The van der Waals surface area contributed by atoms with Gasteiger partial charge in [-0.25, -0.2) is 4.57 Å². The molecule has 0 rings (SSSR count). The van der Waals surface area contributed by atoms with Crippen LogP contribution in [0, 0.1) is 0 Å².